The van der Waals surface area contributed by atoms with Crippen LogP contribution in [0.15, 0.2) is 34.1 Å². The van der Waals surface area contributed by atoms with Crippen molar-refractivity contribution in [3.63, 3.8) is 0 Å². The largest absolute Gasteiger partial charge is 0.493 e. The molecule has 2 rings (SSSR count). The molecule has 0 aliphatic carbocycles. The Kier molecular flexibility index (Phi) is 6.98. The van der Waals surface area contributed by atoms with Gasteiger partial charge in [0.25, 0.3) is 0 Å². The molecule has 0 saturated heterocycles. The monoisotopic (exact) mass is 479 g/mol. The predicted molar refractivity (Wildman–Crippen MR) is 102 cm³/mol. The van der Waals surface area contributed by atoms with Crippen LogP contribution in [-0.2, 0) is 0 Å². The van der Waals surface area contributed by atoms with Crippen molar-refractivity contribution in [3.8, 4) is 5.75 Å². The molecule has 1 unspecified atom stereocenters. The van der Waals surface area contributed by atoms with E-state index in [-0.39, 0.29) is 6.04 Å². The second kappa shape index (κ2) is 8.50. The maximum Gasteiger partial charge on any atom is 0.133 e. The lowest BCUT2D eigenvalue weighted by molar-refractivity contribution is 0.338. The van der Waals surface area contributed by atoms with Crippen molar-refractivity contribution < 1.29 is 4.74 Å². The van der Waals surface area contributed by atoms with Gasteiger partial charge in [0.15, 0.2) is 0 Å². The molecular weight excluding hydrogens is 461 g/mol. The van der Waals surface area contributed by atoms with Gasteiger partial charge in [-0.05, 0) is 93.1 Å². The summed E-state index contributed by atoms with van der Waals surface area (Å²) >= 11 is 7.77. The van der Waals surface area contributed by atoms with Gasteiger partial charge in [-0.2, -0.15) is 0 Å². The molecule has 1 aromatic carbocycles. The summed E-state index contributed by atoms with van der Waals surface area (Å²) in [5.41, 5.74) is 2.59. The van der Waals surface area contributed by atoms with Crippen LogP contribution < -0.4 is 10.1 Å². The molecule has 5 heteroatoms. The van der Waals surface area contributed by atoms with Crippen LogP contribution in [0, 0.1) is 2.88 Å². The highest BCUT2D eigenvalue weighted by molar-refractivity contribution is 14.1. The highest BCUT2D eigenvalue weighted by atomic mass is 127. The third-order valence-electron chi connectivity index (χ3n) is 3.11. The Morgan fingerprint density at radius 3 is 2.67 bits per heavy atom. The van der Waals surface area contributed by atoms with Gasteiger partial charge in [0.2, 0.25) is 0 Å². The summed E-state index contributed by atoms with van der Waals surface area (Å²) in [5, 5.41) is 5.87. The summed E-state index contributed by atoms with van der Waals surface area (Å²) in [5.74, 6) is 0.899. The van der Waals surface area contributed by atoms with Crippen LogP contribution in [0.2, 0.25) is 0 Å². The number of rotatable bonds is 7. The van der Waals surface area contributed by atoms with Gasteiger partial charge in [0.05, 0.1) is 20.0 Å². The molecule has 0 aliphatic rings. The van der Waals surface area contributed by atoms with Gasteiger partial charge in [-0.1, -0.05) is 13.0 Å². The van der Waals surface area contributed by atoms with Crippen molar-refractivity contribution in [2.24, 2.45) is 0 Å². The number of thiophene rings is 1. The number of nitrogens with one attached hydrogen (secondary N) is 1. The minimum absolute atomic E-state index is 0.233. The Hall–Kier alpha value is -0.110. The number of hydrogen-bond donors (Lipinski definition) is 1. The highest BCUT2D eigenvalue weighted by Gasteiger charge is 2.16. The fourth-order valence-corrected chi connectivity index (χ4v) is 4.07. The molecule has 0 saturated carbocycles. The molecule has 2 nitrogen and oxygen atoms in total. The van der Waals surface area contributed by atoms with Crippen LogP contribution in [0.1, 0.15) is 37.4 Å². The van der Waals surface area contributed by atoms with Gasteiger partial charge in [-0.25, -0.2) is 0 Å². The minimum Gasteiger partial charge on any atom is -0.493 e. The summed E-state index contributed by atoms with van der Waals surface area (Å²) in [4.78, 5) is 0. The van der Waals surface area contributed by atoms with E-state index in [4.69, 9.17) is 4.74 Å². The maximum atomic E-state index is 5.60. The number of halogens is 2. The summed E-state index contributed by atoms with van der Waals surface area (Å²) in [6.45, 7) is 5.87. The van der Waals surface area contributed by atoms with Gasteiger partial charge in [0.1, 0.15) is 5.75 Å². The molecule has 0 bridgehead atoms. The van der Waals surface area contributed by atoms with Crippen molar-refractivity contribution >= 4 is 49.9 Å². The molecule has 1 N–H and O–H groups in total. The van der Waals surface area contributed by atoms with Gasteiger partial charge in [0, 0.05) is 0 Å². The van der Waals surface area contributed by atoms with E-state index in [1.54, 1.807) is 11.3 Å². The molecule has 0 amide bonds. The third-order valence-corrected chi connectivity index (χ3v) is 5.54. The number of hydrogen-bond acceptors (Lipinski definition) is 3. The van der Waals surface area contributed by atoms with Crippen molar-refractivity contribution in [3.05, 3.63) is 48.1 Å². The first-order chi connectivity index (χ1) is 10.2. The third kappa shape index (κ3) is 4.68. The number of benzene rings is 1. The van der Waals surface area contributed by atoms with E-state index in [1.165, 1.54) is 14.0 Å². The van der Waals surface area contributed by atoms with Crippen LogP contribution in [0.5, 0.6) is 5.75 Å². The van der Waals surface area contributed by atoms with Crippen LogP contribution in [0.4, 0.5) is 0 Å². The van der Waals surface area contributed by atoms with E-state index in [0.717, 1.165) is 23.2 Å². The van der Waals surface area contributed by atoms with Crippen molar-refractivity contribution in [1.29, 1.82) is 0 Å². The molecule has 1 aromatic heterocycles. The highest BCUT2D eigenvalue weighted by Crippen LogP contribution is 2.32. The van der Waals surface area contributed by atoms with Crippen molar-refractivity contribution in [2.75, 3.05) is 13.2 Å². The van der Waals surface area contributed by atoms with Crippen molar-refractivity contribution in [1.82, 2.24) is 5.32 Å². The Morgan fingerprint density at radius 2 is 2.10 bits per heavy atom. The zero-order valence-electron chi connectivity index (χ0n) is 12.2. The second-order valence-corrected chi connectivity index (χ2v) is 8.35. The Labute approximate surface area is 152 Å². The standard InChI is InChI=1S/C16H19BrINOS/c1-3-7-19-16(12-9-15(18)21-10-12)11-5-6-14(20-4-2)13(17)8-11/h5-6,8-10,16,19H,3-4,7H2,1-2H3. The summed E-state index contributed by atoms with van der Waals surface area (Å²) in [6.07, 6.45) is 1.12. The summed E-state index contributed by atoms with van der Waals surface area (Å²) < 4.78 is 7.92. The van der Waals surface area contributed by atoms with E-state index in [0.29, 0.717) is 6.61 Å². The predicted octanol–water partition coefficient (Wildman–Crippen LogP) is 5.60. The van der Waals surface area contributed by atoms with Gasteiger partial charge >= 0.3 is 0 Å². The average molecular weight is 480 g/mol. The molecule has 0 aliphatic heterocycles. The molecule has 0 fully saturated rings. The Morgan fingerprint density at radius 1 is 1.29 bits per heavy atom. The minimum atomic E-state index is 0.233. The Bertz CT molecular complexity index is 587. The lowest BCUT2D eigenvalue weighted by Crippen LogP contribution is -2.22. The first kappa shape index (κ1) is 17.2. The molecule has 1 atom stereocenters. The normalized spacial score (nSPS) is 12.4. The molecule has 0 radical (unpaired) electrons. The lowest BCUT2D eigenvalue weighted by Gasteiger charge is -2.19. The summed E-state index contributed by atoms with van der Waals surface area (Å²) in [7, 11) is 0. The molecule has 21 heavy (non-hydrogen) atoms. The van der Waals surface area contributed by atoms with E-state index in [1.807, 2.05) is 13.0 Å². The maximum absolute atomic E-state index is 5.60. The van der Waals surface area contributed by atoms with Gasteiger partial charge in [-0.3, -0.25) is 0 Å². The molecule has 114 valence electrons. The smallest absolute Gasteiger partial charge is 0.133 e. The Balaban J connectivity index is 2.30. The van der Waals surface area contributed by atoms with Gasteiger partial charge in [-0.15, -0.1) is 11.3 Å². The van der Waals surface area contributed by atoms with E-state index in [9.17, 15) is 0 Å². The fraction of sp³-hybridized carbons (Fsp3) is 0.375. The van der Waals surface area contributed by atoms with E-state index in [2.05, 4.69) is 74.3 Å². The zero-order valence-corrected chi connectivity index (χ0v) is 16.7. The molecule has 0 spiro atoms. The topological polar surface area (TPSA) is 21.3 Å². The van der Waals surface area contributed by atoms with E-state index < -0.39 is 0 Å². The van der Waals surface area contributed by atoms with Crippen LogP contribution in [0.25, 0.3) is 0 Å². The van der Waals surface area contributed by atoms with Gasteiger partial charge < -0.3 is 10.1 Å². The van der Waals surface area contributed by atoms with E-state index >= 15 is 0 Å². The zero-order chi connectivity index (χ0) is 15.2. The van der Waals surface area contributed by atoms with Crippen LogP contribution >= 0.6 is 49.9 Å². The fourth-order valence-electron chi connectivity index (χ4n) is 2.16. The van der Waals surface area contributed by atoms with Crippen LogP contribution in [0.3, 0.4) is 0 Å². The molecular formula is C16H19BrINOS. The molecule has 2 aromatic rings. The lowest BCUT2D eigenvalue weighted by atomic mass is 10.0. The van der Waals surface area contributed by atoms with Crippen LogP contribution in [-0.4, -0.2) is 13.2 Å². The van der Waals surface area contributed by atoms with Crippen molar-refractivity contribution in [2.45, 2.75) is 26.3 Å². The second-order valence-electron chi connectivity index (χ2n) is 4.69. The number of ether oxygens (including phenoxy) is 1. The average Bonchev–Trinajstić information content (AvgIpc) is 2.89. The first-order valence-corrected chi connectivity index (χ1v) is 9.80. The SMILES string of the molecule is CCCNC(c1csc(I)c1)c1ccc(OCC)c(Br)c1. The first-order valence-electron chi connectivity index (χ1n) is 7.05. The summed E-state index contributed by atoms with van der Waals surface area (Å²) in [6, 6.07) is 8.83. The molecule has 1 heterocycles. The quantitative estimate of drug-likeness (QED) is 0.521.